The largest absolute Gasteiger partial charge is 0.354 e. The van der Waals surface area contributed by atoms with E-state index in [2.05, 4.69) is 5.32 Å². The standard InChI is InChI=1S/C12H9NO4S3/c14-19(15)7-1-3-9-11(5-7)18-12-6-8(20(16)17)2-4-10(12)13-9/h1-6,13H,(H,14,15)(H,16,17). The normalized spacial score (nSPS) is 15.7. The molecule has 104 valence electrons. The van der Waals surface area contributed by atoms with Crippen LogP contribution >= 0.6 is 11.8 Å². The van der Waals surface area contributed by atoms with Crippen molar-refractivity contribution in [2.24, 2.45) is 0 Å². The van der Waals surface area contributed by atoms with Gasteiger partial charge >= 0.3 is 0 Å². The molecule has 0 fully saturated rings. The lowest BCUT2D eigenvalue weighted by Gasteiger charge is -2.21. The Morgan fingerprint density at radius 2 is 1.30 bits per heavy atom. The van der Waals surface area contributed by atoms with Crippen molar-refractivity contribution in [3.63, 3.8) is 0 Å². The summed E-state index contributed by atoms with van der Waals surface area (Å²) in [7, 11) is 0. The summed E-state index contributed by atoms with van der Waals surface area (Å²) in [6.45, 7) is 0. The second kappa shape index (κ2) is 5.30. The molecule has 0 saturated carbocycles. The van der Waals surface area contributed by atoms with E-state index >= 15 is 0 Å². The van der Waals surface area contributed by atoms with E-state index in [-0.39, 0.29) is 0 Å². The molecule has 2 aromatic rings. The maximum Gasteiger partial charge on any atom is 0.186 e. The molecule has 0 radical (unpaired) electrons. The van der Waals surface area contributed by atoms with E-state index in [1.54, 1.807) is 36.4 Å². The molecule has 2 aromatic carbocycles. The van der Waals surface area contributed by atoms with Gasteiger partial charge in [0.05, 0.1) is 21.2 Å². The summed E-state index contributed by atoms with van der Waals surface area (Å²) >= 11 is -2.66. The SMILES string of the molecule is O=S(O)c1ccc2c(c1)Sc1cc(S(=O)O)ccc1N2. The molecule has 0 aromatic heterocycles. The van der Waals surface area contributed by atoms with Gasteiger partial charge in [-0.3, -0.25) is 0 Å². The van der Waals surface area contributed by atoms with Crippen LogP contribution in [0, 0.1) is 0 Å². The van der Waals surface area contributed by atoms with Crippen LogP contribution in [-0.4, -0.2) is 17.5 Å². The minimum absolute atomic E-state index is 0.323. The van der Waals surface area contributed by atoms with E-state index in [1.165, 1.54) is 11.8 Å². The molecule has 1 aliphatic rings. The van der Waals surface area contributed by atoms with Crippen LogP contribution in [0.5, 0.6) is 0 Å². The highest BCUT2D eigenvalue weighted by atomic mass is 32.2. The van der Waals surface area contributed by atoms with Gasteiger partial charge in [-0.15, -0.1) is 0 Å². The Kier molecular flexibility index (Phi) is 3.65. The minimum atomic E-state index is -2.03. The fraction of sp³-hybridized carbons (Fsp3) is 0. The number of hydrogen-bond donors (Lipinski definition) is 3. The number of anilines is 2. The first-order valence-electron chi connectivity index (χ1n) is 5.49. The lowest BCUT2D eigenvalue weighted by atomic mass is 10.2. The van der Waals surface area contributed by atoms with Crippen LogP contribution in [0.2, 0.25) is 0 Å². The van der Waals surface area contributed by atoms with E-state index < -0.39 is 22.2 Å². The van der Waals surface area contributed by atoms with Crippen molar-refractivity contribution in [2.45, 2.75) is 19.6 Å². The van der Waals surface area contributed by atoms with Gasteiger partial charge in [0.15, 0.2) is 22.2 Å². The summed E-state index contributed by atoms with van der Waals surface area (Å²) in [6.07, 6.45) is 0. The Bertz CT molecular complexity index is 686. The highest BCUT2D eigenvalue weighted by molar-refractivity contribution is 7.99. The Hall–Kier alpha value is -1.19. The van der Waals surface area contributed by atoms with Crippen LogP contribution < -0.4 is 5.32 Å². The molecule has 2 atom stereocenters. The number of hydrogen-bond acceptors (Lipinski definition) is 4. The van der Waals surface area contributed by atoms with Crippen LogP contribution in [0.1, 0.15) is 0 Å². The average molecular weight is 327 g/mol. The van der Waals surface area contributed by atoms with Crippen LogP contribution in [-0.2, 0) is 22.2 Å². The van der Waals surface area contributed by atoms with Crippen LogP contribution in [0.3, 0.4) is 0 Å². The summed E-state index contributed by atoms with van der Waals surface area (Å²) < 4.78 is 40.4. The van der Waals surface area contributed by atoms with E-state index in [0.717, 1.165) is 21.2 Å². The molecule has 1 aliphatic heterocycles. The topological polar surface area (TPSA) is 86.6 Å². The Morgan fingerprint density at radius 1 is 0.850 bits per heavy atom. The molecule has 3 N–H and O–H groups in total. The molecule has 0 saturated heterocycles. The average Bonchev–Trinajstić information content (AvgIpc) is 2.43. The zero-order valence-corrected chi connectivity index (χ0v) is 12.3. The fourth-order valence-corrected chi connectivity index (χ4v) is 3.88. The summed E-state index contributed by atoms with van der Waals surface area (Å²) in [6, 6.07) is 9.93. The predicted molar refractivity (Wildman–Crippen MR) is 78.4 cm³/mol. The Morgan fingerprint density at radius 3 is 1.70 bits per heavy atom. The van der Waals surface area contributed by atoms with Gasteiger partial charge in [-0.05, 0) is 36.4 Å². The maximum atomic E-state index is 11.1. The van der Waals surface area contributed by atoms with Gasteiger partial charge in [0.2, 0.25) is 0 Å². The molecular weight excluding hydrogens is 318 g/mol. The van der Waals surface area contributed by atoms with Crippen molar-refractivity contribution < 1.29 is 17.5 Å². The molecule has 0 aliphatic carbocycles. The summed E-state index contributed by atoms with van der Waals surface area (Å²) in [5, 5.41) is 3.19. The van der Waals surface area contributed by atoms with Crippen molar-refractivity contribution >= 4 is 45.3 Å². The summed E-state index contributed by atoms with van der Waals surface area (Å²) in [5.74, 6) is 0. The van der Waals surface area contributed by atoms with Gasteiger partial charge in [-0.1, -0.05) is 11.8 Å². The van der Waals surface area contributed by atoms with Crippen LogP contribution in [0.25, 0.3) is 0 Å². The van der Waals surface area contributed by atoms with Crippen molar-refractivity contribution in [3.8, 4) is 0 Å². The van der Waals surface area contributed by atoms with Crippen molar-refractivity contribution in [1.29, 1.82) is 0 Å². The molecule has 0 spiro atoms. The number of rotatable bonds is 2. The molecule has 1 heterocycles. The molecule has 0 bridgehead atoms. The molecular formula is C12H9NO4S3. The van der Waals surface area contributed by atoms with E-state index in [4.69, 9.17) is 9.11 Å². The predicted octanol–water partition coefficient (Wildman–Crippen LogP) is 3.06. The quantitative estimate of drug-likeness (QED) is 0.627. The second-order valence-electron chi connectivity index (χ2n) is 4.04. The first-order valence-corrected chi connectivity index (χ1v) is 8.52. The fourth-order valence-electron chi connectivity index (χ4n) is 1.86. The lowest BCUT2D eigenvalue weighted by Crippen LogP contribution is -2.02. The maximum absolute atomic E-state index is 11.1. The number of fused-ring (bicyclic) bond motifs is 2. The van der Waals surface area contributed by atoms with Crippen LogP contribution in [0.15, 0.2) is 56.0 Å². The van der Waals surface area contributed by atoms with Crippen molar-refractivity contribution in [1.82, 2.24) is 0 Å². The zero-order chi connectivity index (χ0) is 14.3. The molecule has 8 heteroatoms. The molecule has 20 heavy (non-hydrogen) atoms. The van der Waals surface area contributed by atoms with Gasteiger partial charge < -0.3 is 14.4 Å². The van der Waals surface area contributed by atoms with Gasteiger partial charge in [0, 0.05) is 9.79 Å². The molecule has 5 nitrogen and oxygen atoms in total. The number of nitrogens with one attached hydrogen (secondary N) is 1. The van der Waals surface area contributed by atoms with Crippen molar-refractivity contribution in [3.05, 3.63) is 36.4 Å². The first-order chi connectivity index (χ1) is 9.54. The Labute approximate surface area is 124 Å². The summed E-state index contributed by atoms with van der Waals surface area (Å²) in [5.41, 5.74) is 1.68. The van der Waals surface area contributed by atoms with Crippen LogP contribution in [0.4, 0.5) is 11.4 Å². The van der Waals surface area contributed by atoms with E-state index in [0.29, 0.717) is 9.79 Å². The zero-order valence-electron chi connectivity index (χ0n) is 9.90. The third-order valence-corrected chi connectivity index (χ3v) is 5.23. The smallest absolute Gasteiger partial charge is 0.186 e. The first kappa shape index (κ1) is 13.8. The molecule has 3 rings (SSSR count). The van der Waals surface area contributed by atoms with E-state index in [9.17, 15) is 8.42 Å². The Balaban J connectivity index is 2.03. The third kappa shape index (κ3) is 2.52. The second-order valence-corrected chi connectivity index (χ2v) is 7.06. The van der Waals surface area contributed by atoms with Gasteiger partial charge in [-0.25, -0.2) is 8.42 Å². The number of benzene rings is 2. The molecule has 0 amide bonds. The molecule has 2 unspecified atom stereocenters. The third-order valence-electron chi connectivity index (χ3n) is 2.80. The lowest BCUT2D eigenvalue weighted by molar-refractivity contribution is 0.563. The highest BCUT2D eigenvalue weighted by Crippen LogP contribution is 2.45. The van der Waals surface area contributed by atoms with E-state index in [1.807, 2.05) is 0 Å². The van der Waals surface area contributed by atoms with Gasteiger partial charge in [0.25, 0.3) is 0 Å². The van der Waals surface area contributed by atoms with Gasteiger partial charge in [0.1, 0.15) is 0 Å². The minimum Gasteiger partial charge on any atom is -0.354 e. The highest BCUT2D eigenvalue weighted by Gasteiger charge is 2.18. The van der Waals surface area contributed by atoms with Crippen molar-refractivity contribution in [2.75, 3.05) is 5.32 Å². The van der Waals surface area contributed by atoms with Gasteiger partial charge in [-0.2, -0.15) is 0 Å². The monoisotopic (exact) mass is 327 g/mol. The summed E-state index contributed by atoms with van der Waals surface area (Å²) in [4.78, 5) is 2.25.